The molecule has 0 radical (unpaired) electrons. The molecule has 1 aliphatic heterocycles. The Morgan fingerprint density at radius 3 is 2.31 bits per heavy atom. The number of amides is 1. The zero-order chi connectivity index (χ0) is 31.3. The number of carbonyl (C=O) groups excluding carboxylic acids is 1. The Kier molecular flexibility index (Phi) is 9.14. The van der Waals surface area contributed by atoms with Gasteiger partial charge in [-0.25, -0.2) is 9.37 Å². The largest absolute Gasteiger partial charge is 0.379 e. The van der Waals surface area contributed by atoms with E-state index in [0.717, 1.165) is 35.3 Å². The molecule has 4 aromatic carbocycles. The van der Waals surface area contributed by atoms with Gasteiger partial charge in [-0.1, -0.05) is 66.7 Å². The van der Waals surface area contributed by atoms with E-state index < -0.39 is 11.9 Å². The minimum Gasteiger partial charge on any atom is -0.379 e. The van der Waals surface area contributed by atoms with Crippen molar-refractivity contribution in [1.29, 1.82) is 0 Å². The number of halogens is 1. The number of aromatic nitrogens is 2. The van der Waals surface area contributed by atoms with Crippen LogP contribution in [-0.4, -0.2) is 64.7 Å². The van der Waals surface area contributed by atoms with Gasteiger partial charge in [0, 0.05) is 26.2 Å². The molecule has 0 saturated carbocycles. The smallest absolute Gasteiger partial charge is 0.266 e. The number of fused-ring (bicyclic) bond motifs is 1. The maximum absolute atomic E-state index is 14.2. The summed E-state index contributed by atoms with van der Waals surface area (Å²) in [7, 11) is 0. The highest BCUT2D eigenvalue weighted by atomic mass is 19.1. The molecule has 0 bridgehead atoms. The zero-order valence-electron chi connectivity index (χ0n) is 25.7. The maximum atomic E-state index is 14.2. The van der Waals surface area contributed by atoms with Crippen LogP contribution >= 0.6 is 0 Å². The second-order valence-electron chi connectivity index (χ2n) is 11.5. The van der Waals surface area contributed by atoms with Gasteiger partial charge in [0.15, 0.2) is 0 Å². The van der Waals surface area contributed by atoms with E-state index in [1.54, 1.807) is 12.1 Å². The van der Waals surface area contributed by atoms with Crippen LogP contribution in [0.1, 0.15) is 29.9 Å². The van der Waals surface area contributed by atoms with Gasteiger partial charge in [0.2, 0.25) is 5.91 Å². The summed E-state index contributed by atoms with van der Waals surface area (Å²) in [6.07, 6.45) is 0.204. The molecule has 1 fully saturated rings. The molecule has 7 nitrogen and oxygen atoms in total. The monoisotopic (exact) mass is 604 g/mol. The van der Waals surface area contributed by atoms with Crippen molar-refractivity contribution < 1.29 is 13.9 Å². The predicted octanol–water partition coefficient (Wildman–Crippen LogP) is 5.96. The highest BCUT2D eigenvalue weighted by molar-refractivity contribution is 5.82. The van der Waals surface area contributed by atoms with Gasteiger partial charge in [-0.2, -0.15) is 0 Å². The van der Waals surface area contributed by atoms with Crippen molar-refractivity contribution >= 4 is 16.8 Å². The number of carbonyl (C=O) groups is 1. The molecule has 1 aromatic heterocycles. The van der Waals surface area contributed by atoms with E-state index in [0.29, 0.717) is 48.7 Å². The van der Waals surface area contributed by atoms with Crippen LogP contribution in [0.2, 0.25) is 0 Å². The number of aryl methyl sites for hydroxylation is 1. The normalized spacial score (nSPS) is 14.4. The Balaban J connectivity index is 1.37. The molecule has 0 aliphatic carbocycles. The van der Waals surface area contributed by atoms with E-state index in [1.165, 1.54) is 16.7 Å². The third-order valence-electron chi connectivity index (χ3n) is 8.56. The minimum absolute atomic E-state index is 0.0625. The average Bonchev–Trinajstić information content (AvgIpc) is 3.06. The van der Waals surface area contributed by atoms with Crippen LogP contribution in [0.5, 0.6) is 0 Å². The lowest BCUT2D eigenvalue weighted by molar-refractivity contribution is -0.133. The van der Waals surface area contributed by atoms with Crippen LogP contribution in [0.3, 0.4) is 0 Å². The van der Waals surface area contributed by atoms with Crippen LogP contribution in [-0.2, 0) is 16.0 Å². The molecule has 2 heterocycles. The van der Waals surface area contributed by atoms with Crippen molar-refractivity contribution in [3.8, 4) is 16.8 Å². The molecule has 1 atom stereocenters. The van der Waals surface area contributed by atoms with E-state index >= 15 is 0 Å². The van der Waals surface area contributed by atoms with E-state index in [4.69, 9.17) is 9.72 Å². The number of nitrogens with zero attached hydrogens (tertiary/aromatic N) is 4. The summed E-state index contributed by atoms with van der Waals surface area (Å²) in [5.41, 5.74) is 4.73. The molecule has 5 aromatic rings. The highest BCUT2D eigenvalue weighted by Crippen LogP contribution is 2.26. The van der Waals surface area contributed by atoms with E-state index in [1.807, 2.05) is 79.4 Å². The summed E-state index contributed by atoms with van der Waals surface area (Å²) >= 11 is 0. The number of rotatable bonds is 9. The fourth-order valence-electron chi connectivity index (χ4n) is 6.00. The van der Waals surface area contributed by atoms with Crippen LogP contribution in [0, 0.1) is 12.7 Å². The fourth-order valence-corrected chi connectivity index (χ4v) is 6.00. The Labute approximate surface area is 262 Å². The molecular formula is C37H37FN4O3. The molecule has 0 spiro atoms. The first-order chi connectivity index (χ1) is 21.9. The lowest BCUT2D eigenvalue weighted by atomic mass is 10.0. The molecule has 1 aliphatic rings. The minimum atomic E-state index is -0.551. The van der Waals surface area contributed by atoms with Gasteiger partial charge in [0.1, 0.15) is 11.6 Å². The Hall–Kier alpha value is -4.66. The predicted molar refractivity (Wildman–Crippen MR) is 175 cm³/mol. The van der Waals surface area contributed by atoms with Gasteiger partial charge < -0.3 is 9.64 Å². The topological polar surface area (TPSA) is 67.7 Å². The molecule has 1 unspecified atom stereocenters. The van der Waals surface area contributed by atoms with Gasteiger partial charge in [0.05, 0.1) is 42.3 Å². The Bertz CT molecular complexity index is 1830. The molecule has 0 N–H and O–H groups in total. The number of hydrogen-bond acceptors (Lipinski definition) is 5. The quantitative estimate of drug-likeness (QED) is 0.208. The second-order valence-corrected chi connectivity index (χ2v) is 11.5. The standard InChI is InChI=1S/C37H37FN4O3/c1-26-7-6-10-33-35(26)37(44)42(32-17-15-31(38)16-18-32)36(39-33)27(2)41(20-19-40-21-23-45-24-22-40)34(43)25-28-11-13-30(14-12-28)29-8-4-3-5-9-29/h3-18,27H,19-25H2,1-2H3. The maximum Gasteiger partial charge on any atom is 0.266 e. The van der Waals surface area contributed by atoms with Crippen LogP contribution in [0.4, 0.5) is 4.39 Å². The average molecular weight is 605 g/mol. The van der Waals surface area contributed by atoms with Crippen molar-refractivity contribution in [2.45, 2.75) is 26.3 Å². The summed E-state index contributed by atoms with van der Waals surface area (Å²) < 4.78 is 21.0. The number of morpholine rings is 1. The SMILES string of the molecule is Cc1cccc2nc(C(C)N(CCN3CCOCC3)C(=O)Cc3ccc(-c4ccccc4)cc3)n(-c3ccc(F)cc3)c(=O)c12. The molecule has 1 saturated heterocycles. The highest BCUT2D eigenvalue weighted by Gasteiger charge is 2.28. The van der Waals surface area contributed by atoms with E-state index in [-0.39, 0.29) is 17.9 Å². The van der Waals surface area contributed by atoms with Crippen molar-refractivity contribution in [3.63, 3.8) is 0 Å². The second kappa shape index (κ2) is 13.5. The molecule has 8 heteroatoms. The van der Waals surface area contributed by atoms with Gasteiger partial charge in [-0.05, 0) is 66.4 Å². The van der Waals surface area contributed by atoms with Gasteiger partial charge in [-0.3, -0.25) is 19.1 Å². The van der Waals surface area contributed by atoms with Crippen molar-refractivity contribution in [2.75, 3.05) is 39.4 Å². The van der Waals surface area contributed by atoms with Crippen molar-refractivity contribution in [1.82, 2.24) is 19.4 Å². The van der Waals surface area contributed by atoms with E-state index in [9.17, 15) is 14.0 Å². The van der Waals surface area contributed by atoms with Crippen molar-refractivity contribution in [2.24, 2.45) is 0 Å². The summed E-state index contributed by atoms with van der Waals surface area (Å²) in [5.74, 6) is -0.0288. The third-order valence-corrected chi connectivity index (χ3v) is 8.56. The van der Waals surface area contributed by atoms with Crippen LogP contribution in [0.25, 0.3) is 27.7 Å². The molecule has 6 rings (SSSR count). The lowest BCUT2D eigenvalue weighted by Crippen LogP contribution is -2.45. The summed E-state index contributed by atoms with van der Waals surface area (Å²) in [4.78, 5) is 37.4. The first-order valence-electron chi connectivity index (χ1n) is 15.4. The molecule has 1 amide bonds. The summed E-state index contributed by atoms with van der Waals surface area (Å²) in [6.45, 7) is 7.83. The van der Waals surface area contributed by atoms with Crippen LogP contribution in [0.15, 0.2) is 102 Å². The fraction of sp³-hybridized carbons (Fsp3) is 0.270. The van der Waals surface area contributed by atoms with Crippen LogP contribution < -0.4 is 5.56 Å². The first kappa shape index (κ1) is 30.4. The van der Waals surface area contributed by atoms with Gasteiger partial charge >= 0.3 is 0 Å². The number of ether oxygens (including phenoxy) is 1. The van der Waals surface area contributed by atoms with Gasteiger partial charge in [0.25, 0.3) is 5.56 Å². The Morgan fingerprint density at radius 2 is 1.60 bits per heavy atom. The third kappa shape index (κ3) is 6.72. The summed E-state index contributed by atoms with van der Waals surface area (Å²) in [6, 6.07) is 29.1. The molecule has 230 valence electrons. The van der Waals surface area contributed by atoms with Gasteiger partial charge in [-0.15, -0.1) is 0 Å². The van der Waals surface area contributed by atoms with E-state index in [2.05, 4.69) is 17.0 Å². The first-order valence-corrected chi connectivity index (χ1v) is 15.4. The van der Waals surface area contributed by atoms with Crippen molar-refractivity contribution in [3.05, 3.63) is 130 Å². The lowest BCUT2D eigenvalue weighted by Gasteiger charge is -2.34. The molecular weight excluding hydrogens is 567 g/mol. The number of hydrogen-bond donors (Lipinski definition) is 0. The number of benzene rings is 4. The summed E-state index contributed by atoms with van der Waals surface area (Å²) in [5, 5.41) is 0.502. The Morgan fingerprint density at radius 1 is 0.911 bits per heavy atom. The zero-order valence-corrected chi connectivity index (χ0v) is 25.7. The molecule has 45 heavy (non-hydrogen) atoms.